The van der Waals surface area contributed by atoms with Crippen molar-refractivity contribution in [1.82, 2.24) is 24.6 Å². The molecule has 0 unspecified atom stereocenters. The summed E-state index contributed by atoms with van der Waals surface area (Å²) >= 11 is 6.34. The van der Waals surface area contributed by atoms with Gasteiger partial charge in [-0.1, -0.05) is 41.9 Å². The highest BCUT2D eigenvalue weighted by Crippen LogP contribution is 2.28. The number of hydrogen-bond donors (Lipinski definition) is 1. The first-order chi connectivity index (χ1) is 14.2. The zero-order valence-electron chi connectivity index (χ0n) is 15.0. The van der Waals surface area contributed by atoms with Gasteiger partial charge in [0.1, 0.15) is 5.69 Å². The van der Waals surface area contributed by atoms with Gasteiger partial charge in [-0.15, -0.1) is 5.10 Å². The number of nitrogens with zero attached hydrogens (tertiary/aromatic N) is 5. The Morgan fingerprint density at radius 2 is 1.69 bits per heavy atom. The van der Waals surface area contributed by atoms with E-state index in [0.717, 1.165) is 10.9 Å². The molecule has 140 valence electrons. The Morgan fingerprint density at radius 3 is 2.59 bits per heavy atom. The first-order valence-electron chi connectivity index (χ1n) is 8.83. The van der Waals surface area contributed by atoms with E-state index >= 15 is 0 Å². The Hall–Kier alpha value is -3.84. The number of nitrogens with one attached hydrogen (secondary N) is 1. The van der Waals surface area contributed by atoms with E-state index in [2.05, 4.69) is 20.4 Å². The molecular formula is C21H13ClN6O. The molecule has 5 rings (SSSR count). The van der Waals surface area contributed by atoms with Crippen LogP contribution >= 0.6 is 11.6 Å². The largest absolute Gasteiger partial charge is 0.319 e. The van der Waals surface area contributed by atoms with Crippen LogP contribution in [0.3, 0.4) is 0 Å². The summed E-state index contributed by atoms with van der Waals surface area (Å²) < 4.78 is 1.58. The lowest BCUT2D eigenvalue weighted by Crippen LogP contribution is -2.11. The molecule has 0 aliphatic carbocycles. The zero-order chi connectivity index (χ0) is 19.8. The van der Waals surface area contributed by atoms with Gasteiger partial charge in [-0.05, 0) is 36.4 Å². The summed E-state index contributed by atoms with van der Waals surface area (Å²) in [5, 5.41) is 9.05. The van der Waals surface area contributed by atoms with Crippen molar-refractivity contribution in [2.75, 3.05) is 5.32 Å². The van der Waals surface area contributed by atoms with Gasteiger partial charge >= 0.3 is 0 Å². The molecule has 1 N–H and O–H groups in total. The highest BCUT2D eigenvalue weighted by Gasteiger charge is 2.16. The maximum atomic E-state index is 12.2. The van der Waals surface area contributed by atoms with Gasteiger partial charge in [0, 0.05) is 17.1 Å². The highest BCUT2D eigenvalue weighted by molar-refractivity contribution is 6.33. The van der Waals surface area contributed by atoms with Crippen molar-refractivity contribution in [3.8, 4) is 11.4 Å². The molecule has 0 fully saturated rings. The van der Waals surface area contributed by atoms with Crippen molar-refractivity contribution in [1.29, 1.82) is 0 Å². The molecule has 5 aromatic rings. The molecule has 7 nitrogen and oxygen atoms in total. The molecule has 0 spiro atoms. The van der Waals surface area contributed by atoms with Gasteiger partial charge in [-0.3, -0.25) is 4.79 Å². The summed E-state index contributed by atoms with van der Waals surface area (Å²) in [6, 6.07) is 20.0. The van der Waals surface area contributed by atoms with Crippen LogP contribution in [0.1, 0.15) is 0 Å². The van der Waals surface area contributed by atoms with E-state index in [1.54, 1.807) is 28.8 Å². The van der Waals surface area contributed by atoms with Crippen molar-refractivity contribution >= 4 is 39.8 Å². The van der Waals surface area contributed by atoms with Crippen molar-refractivity contribution in [3.63, 3.8) is 0 Å². The molecule has 8 heteroatoms. The summed E-state index contributed by atoms with van der Waals surface area (Å²) in [6.07, 6.45) is 1.45. The van der Waals surface area contributed by atoms with Crippen molar-refractivity contribution in [2.24, 2.45) is 0 Å². The fourth-order valence-electron chi connectivity index (χ4n) is 3.06. The number of aromatic nitrogens is 5. The minimum Gasteiger partial charge on any atom is -0.319 e. The van der Waals surface area contributed by atoms with Gasteiger partial charge in [0.2, 0.25) is 5.95 Å². The molecule has 0 radical (unpaired) electrons. The van der Waals surface area contributed by atoms with E-state index in [9.17, 15) is 4.79 Å². The van der Waals surface area contributed by atoms with E-state index in [-0.39, 0.29) is 5.69 Å². The second-order valence-electron chi connectivity index (χ2n) is 6.28. The Balaban J connectivity index is 1.78. The number of hydrogen-bond acceptors (Lipinski definition) is 6. The molecule has 0 atom stereocenters. The maximum Gasteiger partial charge on any atom is 0.293 e. The van der Waals surface area contributed by atoms with Crippen LogP contribution in [-0.2, 0) is 0 Å². The van der Waals surface area contributed by atoms with Gasteiger partial charge in [0.25, 0.3) is 5.56 Å². The van der Waals surface area contributed by atoms with Gasteiger partial charge in [-0.25, -0.2) is 15.0 Å². The Kier molecular flexibility index (Phi) is 4.14. The molecule has 29 heavy (non-hydrogen) atoms. The molecule has 0 amide bonds. The van der Waals surface area contributed by atoms with E-state index in [1.807, 2.05) is 42.5 Å². The summed E-state index contributed by atoms with van der Waals surface area (Å²) in [7, 11) is 0. The van der Waals surface area contributed by atoms with E-state index < -0.39 is 5.56 Å². The van der Waals surface area contributed by atoms with Crippen molar-refractivity contribution in [3.05, 3.63) is 88.3 Å². The lowest BCUT2D eigenvalue weighted by Gasteiger charge is -2.07. The van der Waals surface area contributed by atoms with Crippen LogP contribution in [0, 0.1) is 0 Å². The third kappa shape index (κ3) is 3.07. The van der Waals surface area contributed by atoms with E-state index in [1.165, 1.54) is 6.20 Å². The SMILES string of the molecule is O=c1nccccc1Nc1nc2ccccc2c2nc(-c3ccccc3Cl)nn12. The number of anilines is 2. The first kappa shape index (κ1) is 17.3. The minimum atomic E-state index is -0.399. The molecule has 0 aliphatic rings. The number of rotatable bonds is 3. The van der Waals surface area contributed by atoms with Crippen LogP contribution in [0.15, 0.2) is 77.7 Å². The molecule has 2 aromatic carbocycles. The molecule has 3 heterocycles. The van der Waals surface area contributed by atoms with Crippen LogP contribution in [-0.4, -0.2) is 24.6 Å². The highest BCUT2D eigenvalue weighted by atomic mass is 35.5. The van der Waals surface area contributed by atoms with Gasteiger partial charge in [0.15, 0.2) is 11.5 Å². The van der Waals surface area contributed by atoms with Crippen LogP contribution in [0.2, 0.25) is 5.02 Å². The zero-order valence-corrected chi connectivity index (χ0v) is 15.7. The van der Waals surface area contributed by atoms with Crippen LogP contribution in [0.5, 0.6) is 0 Å². The van der Waals surface area contributed by atoms with E-state index in [0.29, 0.717) is 28.0 Å². The molecule has 0 saturated carbocycles. The Morgan fingerprint density at radius 1 is 0.897 bits per heavy atom. The topological polar surface area (TPSA) is 85.1 Å². The van der Waals surface area contributed by atoms with Gasteiger partial charge < -0.3 is 5.32 Å². The monoisotopic (exact) mass is 400 g/mol. The summed E-state index contributed by atoms with van der Waals surface area (Å²) in [5.41, 5.74) is 1.93. The Labute approximate surface area is 169 Å². The Bertz CT molecular complexity index is 1430. The standard InChI is InChI=1S/C21H13ClN6O/c22-15-9-3-1-7-13(15)18-26-19-14-8-2-4-10-16(14)24-21(28(19)27-18)25-17-11-5-6-12-23-20(17)29/h1-12H,(H,23,24,25,29). The van der Waals surface area contributed by atoms with Crippen molar-refractivity contribution in [2.45, 2.75) is 0 Å². The molecular weight excluding hydrogens is 388 g/mol. The van der Waals surface area contributed by atoms with Crippen LogP contribution in [0.4, 0.5) is 11.6 Å². The molecule has 0 aliphatic heterocycles. The second kappa shape index (κ2) is 6.96. The fraction of sp³-hybridized carbons (Fsp3) is 0. The summed E-state index contributed by atoms with van der Waals surface area (Å²) in [5.74, 6) is 0.825. The number of para-hydroxylation sites is 1. The summed E-state index contributed by atoms with van der Waals surface area (Å²) in [4.78, 5) is 25.4. The predicted molar refractivity (Wildman–Crippen MR) is 113 cm³/mol. The number of halogens is 1. The first-order valence-corrected chi connectivity index (χ1v) is 9.21. The van der Waals surface area contributed by atoms with Crippen molar-refractivity contribution < 1.29 is 0 Å². The smallest absolute Gasteiger partial charge is 0.293 e. The second-order valence-corrected chi connectivity index (χ2v) is 6.68. The summed E-state index contributed by atoms with van der Waals surface area (Å²) in [6.45, 7) is 0. The quantitative estimate of drug-likeness (QED) is 0.491. The maximum absolute atomic E-state index is 12.2. The van der Waals surface area contributed by atoms with Crippen LogP contribution < -0.4 is 10.9 Å². The predicted octanol–water partition coefficient (Wildman–Crippen LogP) is 4.10. The lowest BCUT2D eigenvalue weighted by atomic mass is 10.2. The van der Waals surface area contributed by atoms with E-state index in [4.69, 9.17) is 16.6 Å². The molecule has 3 aromatic heterocycles. The molecule has 0 bridgehead atoms. The number of benzene rings is 2. The molecule has 0 saturated heterocycles. The van der Waals surface area contributed by atoms with Gasteiger partial charge in [0.05, 0.1) is 10.5 Å². The minimum absolute atomic E-state index is 0.286. The number of fused-ring (bicyclic) bond motifs is 3. The lowest BCUT2D eigenvalue weighted by molar-refractivity contribution is 0.947. The van der Waals surface area contributed by atoms with Crippen LogP contribution in [0.25, 0.3) is 27.9 Å². The van der Waals surface area contributed by atoms with Gasteiger partial charge in [-0.2, -0.15) is 4.52 Å². The fourth-order valence-corrected chi connectivity index (χ4v) is 3.28. The average Bonchev–Trinajstić information content (AvgIpc) is 3.08. The average molecular weight is 401 g/mol. The third-order valence-electron chi connectivity index (χ3n) is 4.42. The normalized spacial score (nSPS) is 11.1. The third-order valence-corrected chi connectivity index (χ3v) is 4.75.